The molecule has 13 heteroatoms. The van der Waals surface area contributed by atoms with Gasteiger partial charge in [-0.1, -0.05) is 24.3 Å². The number of pyridine rings is 1. The number of rotatable bonds is 11. The van der Waals surface area contributed by atoms with Crippen molar-refractivity contribution >= 4 is 49.6 Å². The molecule has 1 atom stereocenters. The summed E-state index contributed by atoms with van der Waals surface area (Å²) in [5.74, 6) is -0.261. The second-order valence-electron chi connectivity index (χ2n) is 14.9. The van der Waals surface area contributed by atoms with E-state index >= 15 is 0 Å². The summed E-state index contributed by atoms with van der Waals surface area (Å²) >= 11 is 0. The molecular formula is C38H50N6O6S. The maximum atomic E-state index is 13.7. The Bertz CT molecular complexity index is 2000. The topological polar surface area (TPSA) is 149 Å². The van der Waals surface area contributed by atoms with Crippen molar-refractivity contribution in [3.63, 3.8) is 0 Å². The van der Waals surface area contributed by atoms with Gasteiger partial charge in [-0.3, -0.25) is 4.72 Å². The SMILES string of the molecule is CN1CCC(COC(=O)c2cc3ccc(CN)nc3n2Cc2cc(NS(=O)(=O)CC[C@@H]3CCCN3C(=O)OC(C)(C)C)cc3ccccc23)CC1. The Morgan fingerprint density at radius 3 is 2.51 bits per heavy atom. The van der Waals surface area contributed by atoms with Crippen molar-refractivity contribution in [3.8, 4) is 0 Å². The molecule has 0 saturated carbocycles. The van der Waals surface area contributed by atoms with Crippen LogP contribution in [0.1, 0.15) is 74.6 Å². The minimum Gasteiger partial charge on any atom is -0.461 e. The molecule has 0 bridgehead atoms. The zero-order valence-electron chi connectivity index (χ0n) is 30.1. The Morgan fingerprint density at radius 1 is 1.00 bits per heavy atom. The third-order valence-electron chi connectivity index (χ3n) is 9.78. The van der Waals surface area contributed by atoms with E-state index < -0.39 is 27.7 Å². The normalized spacial score (nSPS) is 17.7. The lowest BCUT2D eigenvalue weighted by atomic mass is 9.98. The minimum atomic E-state index is -3.78. The predicted octanol–water partition coefficient (Wildman–Crippen LogP) is 5.73. The van der Waals surface area contributed by atoms with E-state index in [0.29, 0.717) is 48.2 Å². The quantitative estimate of drug-likeness (QED) is 0.186. The van der Waals surface area contributed by atoms with Crippen LogP contribution in [0.25, 0.3) is 21.8 Å². The van der Waals surface area contributed by atoms with Crippen molar-refractivity contribution in [1.29, 1.82) is 0 Å². The summed E-state index contributed by atoms with van der Waals surface area (Å²) in [5.41, 5.74) is 8.21. The summed E-state index contributed by atoms with van der Waals surface area (Å²) in [4.78, 5) is 35.2. The van der Waals surface area contributed by atoms with Gasteiger partial charge in [-0.05, 0) is 126 Å². The zero-order valence-corrected chi connectivity index (χ0v) is 30.9. The molecule has 12 nitrogen and oxygen atoms in total. The molecule has 274 valence electrons. The lowest BCUT2D eigenvalue weighted by Gasteiger charge is -2.28. The fourth-order valence-corrected chi connectivity index (χ4v) is 8.24. The van der Waals surface area contributed by atoms with Crippen LogP contribution < -0.4 is 10.5 Å². The van der Waals surface area contributed by atoms with Crippen LogP contribution in [-0.2, 0) is 32.6 Å². The molecule has 4 aromatic rings. The van der Waals surface area contributed by atoms with E-state index in [2.05, 4.69) is 16.7 Å². The first-order valence-electron chi connectivity index (χ1n) is 17.9. The summed E-state index contributed by atoms with van der Waals surface area (Å²) < 4.78 is 43.1. The number of nitrogens with one attached hydrogen (secondary N) is 1. The molecule has 2 saturated heterocycles. The van der Waals surface area contributed by atoms with E-state index in [1.54, 1.807) is 11.0 Å². The number of nitrogens with two attached hydrogens (primary N) is 1. The highest BCUT2D eigenvalue weighted by molar-refractivity contribution is 7.92. The van der Waals surface area contributed by atoms with Gasteiger partial charge in [0, 0.05) is 30.2 Å². The molecule has 4 heterocycles. The van der Waals surface area contributed by atoms with E-state index in [0.717, 1.165) is 60.5 Å². The third-order valence-corrected chi connectivity index (χ3v) is 11.1. The highest BCUT2D eigenvalue weighted by Crippen LogP contribution is 2.30. The third kappa shape index (κ3) is 9.00. The molecule has 1 amide bonds. The summed E-state index contributed by atoms with van der Waals surface area (Å²) in [6.45, 7) is 8.80. The number of sulfonamides is 1. The van der Waals surface area contributed by atoms with Crippen LogP contribution in [0.4, 0.5) is 10.5 Å². The van der Waals surface area contributed by atoms with Crippen molar-refractivity contribution in [2.24, 2.45) is 11.7 Å². The maximum Gasteiger partial charge on any atom is 0.410 e. The Balaban J connectivity index is 1.25. The number of fused-ring (bicyclic) bond motifs is 2. The van der Waals surface area contributed by atoms with Gasteiger partial charge in [0.15, 0.2) is 0 Å². The van der Waals surface area contributed by atoms with E-state index in [9.17, 15) is 18.0 Å². The monoisotopic (exact) mass is 718 g/mol. The second-order valence-corrected chi connectivity index (χ2v) is 16.8. The molecule has 2 aromatic carbocycles. The summed E-state index contributed by atoms with van der Waals surface area (Å²) in [7, 11) is -1.68. The molecule has 2 fully saturated rings. The molecule has 3 N–H and O–H groups in total. The zero-order chi connectivity index (χ0) is 36.3. The number of ether oxygens (including phenoxy) is 2. The number of nitrogens with zero attached hydrogens (tertiary/aromatic N) is 4. The largest absolute Gasteiger partial charge is 0.461 e. The number of carbonyl (C=O) groups excluding carboxylic acids is 2. The van der Waals surface area contributed by atoms with Gasteiger partial charge in [0.1, 0.15) is 16.9 Å². The van der Waals surface area contributed by atoms with Crippen LogP contribution in [0.2, 0.25) is 0 Å². The lowest BCUT2D eigenvalue weighted by Crippen LogP contribution is -2.40. The molecule has 0 aliphatic carbocycles. The molecule has 6 rings (SSSR count). The van der Waals surface area contributed by atoms with Crippen molar-refractivity contribution in [2.45, 2.75) is 77.6 Å². The van der Waals surface area contributed by atoms with Gasteiger partial charge in [-0.25, -0.2) is 23.0 Å². The summed E-state index contributed by atoms with van der Waals surface area (Å²) in [6, 6.07) is 16.7. The molecule has 2 aliphatic heterocycles. The number of benzene rings is 2. The number of aromatic nitrogens is 2. The molecule has 0 unspecified atom stereocenters. The first kappa shape index (κ1) is 36.6. The first-order valence-corrected chi connectivity index (χ1v) is 19.5. The average molecular weight is 719 g/mol. The fraction of sp³-hybridized carbons (Fsp3) is 0.500. The Hall–Kier alpha value is -4.20. The predicted molar refractivity (Wildman–Crippen MR) is 199 cm³/mol. The van der Waals surface area contributed by atoms with E-state index in [1.807, 2.05) is 73.9 Å². The Morgan fingerprint density at radius 2 is 1.76 bits per heavy atom. The van der Waals surface area contributed by atoms with Gasteiger partial charge in [0.2, 0.25) is 10.0 Å². The van der Waals surface area contributed by atoms with Gasteiger partial charge < -0.3 is 29.6 Å². The van der Waals surface area contributed by atoms with E-state index in [4.69, 9.17) is 20.2 Å². The molecule has 0 radical (unpaired) electrons. The standard InChI is InChI=1S/C38H50N6O6S/c1-38(2,3)50-37(46)43-16-7-9-32(43)15-19-51(47,48)41-31-20-27-8-5-6-10-33(27)29(21-31)24-44-34(22-28-11-12-30(23-39)40-35(28)44)36(45)49-25-26-13-17-42(4)18-14-26/h5-6,8,10-12,20-22,26,32,41H,7,9,13-19,23-25,39H2,1-4H3/t32-/m0/s1. The second kappa shape index (κ2) is 15.2. The number of hydrogen-bond acceptors (Lipinski definition) is 9. The minimum absolute atomic E-state index is 0.152. The molecule has 2 aliphatic rings. The molecule has 0 spiro atoms. The van der Waals surface area contributed by atoms with Gasteiger partial charge >= 0.3 is 12.1 Å². The number of esters is 1. The van der Waals surface area contributed by atoms with Crippen LogP contribution in [0.5, 0.6) is 0 Å². The number of amides is 1. The average Bonchev–Trinajstić information content (AvgIpc) is 3.71. The van der Waals surface area contributed by atoms with Crippen molar-refractivity contribution in [3.05, 3.63) is 71.5 Å². The summed E-state index contributed by atoms with van der Waals surface area (Å²) in [6.07, 6.45) is 3.36. The van der Waals surface area contributed by atoms with Crippen molar-refractivity contribution in [1.82, 2.24) is 19.4 Å². The van der Waals surface area contributed by atoms with Crippen LogP contribution in [0, 0.1) is 5.92 Å². The Labute approximate surface area is 300 Å². The molecular weight excluding hydrogens is 669 g/mol. The lowest BCUT2D eigenvalue weighted by molar-refractivity contribution is 0.0223. The highest BCUT2D eigenvalue weighted by atomic mass is 32.2. The van der Waals surface area contributed by atoms with Gasteiger partial charge in [-0.2, -0.15) is 0 Å². The number of anilines is 1. The van der Waals surface area contributed by atoms with Crippen LogP contribution in [-0.4, -0.2) is 90.5 Å². The van der Waals surface area contributed by atoms with Crippen LogP contribution in [0.15, 0.2) is 54.6 Å². The van der Waals surface area contributed by atoms with Gasteiger partial charge in [0.05, 0.1) is 24.6 Å². The number of hydrogen-bond donors (Lipinski definition) is 2. The van der Waals surface area contributed by atoms with Crippen LogP contribution >= 0.6 is 0 Å². The van der Waals surface area contributed by atoms with Gasteiger partial charge in [0.25, 0.3) is 0 Å². The van der Waals surface area contributed by atoms with Crippen molar-refractivity contribution in [2.75, 3.05) is 43.8 Å². The molecule has 2 aromatic heterocycles. The number of likely N-dealkylation sites (tertiary alicyclic amines) is 2. The van der Waals surface area contributed by atoms with Crippen LogP contribution in [0.3, 0.4) is 0 Å². The van der Waals surface area contributed by atoms with E-state index in [1.165, 1.54) is 0 Å². The van der Waals surface area contributed by atoms with Gasteiger partial charge in [-0.15, -0.1) is 0 Å². The fourth-order valence-electron chi connectivity index (χ4n) is 7.07. The number of carbonyl (C=O) groups is 2. The maximum absolute atomic E-state index is 13.7. The summed E-state index contributed by atoms with van der Waals surface area (Å²) in [5, 5.41) is 2.55. The van der Waals surface area contributed by atoms with E-state index in [-0.39, 0.29) is 24.9 Å². The van der Waals surface area contributed by atoms with Crippen molar-refractivity contribution < 1.29 is 27.5 Å². The number of piperidine rings is 1. The first-order chi connectivity index (χ1) is 24.3. The Kier molecular flexibility index (Phi) is 10.9. The smallest absolute Gasteiger partial charge is 0.410 e. The highest BCUT2D eigenvalue weighted by Gasteiger charge is 2.33. The molecule has 51 heavy (non-hydrogen) atoms.